The molecule has 1 aliphatic heterocycles. The molecule has 1 saturated heterocycles. The van der Waals surface area contributed by atoms with Gasteiger partial charge in [-0.1, -0.05) is 36.4 Å². The highest BCUT2D eigenvalue weighted by Crippen LogP contribution is 2.49. The number of rotatable bonds is 8. The second kappa shape index (κ2) is 9.80. The molecule has 1 heterocycles. The van der Waals surface area contributed by atoms with E-state index in [9.17, 15) is 17.6 Å². The van der Waals surface area contributed by atoms with Gasteiger partial charge in [-0.25, -0.2) is 12.8 Å². The van der Waals surface area contributed by atoms with Crippen molar-refractivity contribution in [1.82, 2.24) is 10.2 Å². The van der Waals surface area contributed by atoms with Gasteiger partial charge in [0.1, 0.15) is 5.82 Å². The number of carbonyl (C=O) groups excluding carboxylic acids is 1. The average Bonchev–Trinajstić information content (AvgIpc) is 3.39. The minimum absolute atomic E-state index is 0. The number of hydrogen-bond acceptors (Lipinski definition) is 4. The Kier molecular flexibility index (Phi) is 7.52. The van der Waals surface area contributed by atoms with E-state index in [0.29, 0.717) is 18.4 Å². The van der Waals surface area contributed by atoms with E-state index in [1.807, 2.05) is 30.3 Å². The molecular formula is C23H30FN3O3S2. The molecule has 2 aliphatic rings. The Labute approximate surface area is 196 Å². The Morgan fingerprint density at radius 3 is 2.38 bits per heavy atom. The lowest BCUT2D eigenvalue weighted by molar-refractivity contribution is -0.124. The minimum atomic E-state index is -3.63. The lowest BCUT2D eigenvalue weighted by Crippen LogP contribution is -2.42. The third kappa shape index (κ3) is 5.63. The number of nitrogens with zero attached hydrogens (tertiary/aromatic N) is 1. The van der Waals surface area contributed by atoms with Crippen molar-refractivity contribution in [2.45, 2.75) is 37.1 Å². The molecule has 4 rings (SSSR count). The predicted molar refractivity (Wildman–Crippen MR) is 129 cm³/mol. The van der Waals surface area contributed by atoms with E-state index < -0.39 is 21.3 Å². The number of likely N-dealkylation sites (tertiary alicyclic amines) is 1. The molecule has 2 N–H and O–H groups in total. The van der Waals surface area contributed by atoms with Crippen LogP contribution in [0.1, 0.15) is 42.9 Å². The highest BCUT2D eigenvalue weighted by Gasteiger charge is 2.52. The molecule has 0 radical (unpaired) electrons. The summed E-state index contributed by atoms with van der Waals surface area (Å²) in [7, 11) is -3.63. The largest absolute Gasteiger partial charge is 0.347 e. The first kappa shape index (κ1) is 24.5. The van der Waals surface area contributed by atoms with E-state index in [1.54, 1.807) is 6.07 Å². The molecule has 1 saturated carbocycles. The first-order chi connectivity index (χ1) is 14.8. The van der Waals surface area contributed by atoms with Gasteiger partial charge in [-0.15, -0.1) is 0 Å². The van der Waals surface area contributed by atoms with Crippen molar-refractivity contribution >= 4 is 35.1 Å². The highest BCUT2D eigenvalue weighted by molar-refractivity contribution is 7.92. The molecule has 0 unspecified atom stereocenters. The topological polar surface area (TPSA) is 78.5 Å². The molecule has 2 aromatic rings. The van der Waals surface area contributed by atoms with Crippen LogP contribution in [0.4, 0.5) is 10.1 Å². The summed E-state index contributed by atoms with van der Waals surface area (Å²) in [5.41, 5.74) is 0.804. The maximum absolute atomic E-state index is 14.1. The summed E-state index contributed by atoms with van der Waals surface area (Å²) in [6, 6.07) is 14.0. The Balaban J connectivity index is 0.00000289. The number of hydrogen-bond donors (Lipinski definition) is 2. The van der Waals surface area contributed by atoms with Crippen LogP contribution in [0.2, 0.25) is 0 Å². The summed E-state index contributed by atoms with van der Waals surface area (Å²) in [6.45, 7) is 2.81. The maximum atomic E-state index is 14.1. The highest BCUT2D eigenvalue weighted by atomic mass is 32.2. The van der Waals surface area contributed by atoms with Crippen molar-refractivity contribution in [1.29, 1.82) is 0 Å². The average molecular weight is 480 g/mol. The smallest absolute Gasteiger partial charge is 0.231 e. The first-order valence-electron chi connectivity index (χ1n) is 10.6. The molecule has 174 valence electrons. The monoisotopic (exact) mass is 479 g/mol. The fraction of sp³-hybridized carbons (Fsp3) is 0.435. The number of nitrogens with one attached hydrogen (secondary N) is 2. The molecule has 0 spiro atoms. The molecule has 2 fully saturated rings. The van der Waals surface area contributed by atoms with Crippen LogP contribution < -0.4 is 10.0 Å². The van der Waals surface area contributed by atoms with Gasteiger partial charge in [0.05, 0.1) is 23.4 Å². The Morgan fingerprint density at radius 1 is 1.12 bits per heavy atom. The van der Waals surface area contributed by atoms with Gasteiger partial charge in [-0.2, -0.15) is 13.5 Å². The predicted octanol–water partition coefficient (Wildman–Crippen LogP) is 3.29. The number of halogens is 1. The van der Waals surface area contributed by atoms with Crippen molar-refractivity contribution in [2.75, 3.05) is 30.6 Å². The fourth-order valence-electron chi connectivity index (χ4n) is 4.31. The molecule has 9 heteroatoms. The number of amides is 1. The Bertz CT molecular complexity index is 1050. The van der Waals surface area contributed by atoms with Gasteiger partial charge in [0.25, 0.3) is 0 Å². The maximum Gasteiger partial charge on any atom is 0.231 e. The second-order valence-corrected chi connectivity index (χ2v) is 10.3. The van der Waals surface area contributed by atoms with Gasteiger partial charge in [-0.05, 0) is 62.0 Å². The summed E-state index contributed by atoms with van der Waals surface area (Å²) < 4.78 is 39.5. The molecular weight excluding hydrogens is 449 g/mol. The molecule has 1 amide bonds. The fourth-order valence-corrected chi connectivity index (χ4v) is 4.87. The minimum Gasteiger partial charge on any atom is -0.347 e. The summed E-state index contributed by atoms with van der Waals surface area (Å²) in [4.78, 5) is 15.8. The Morgan fingerprint density at radius 2 is 1.78 bits per heavy atom. The lowest BCUT2D eigenvalue weighted by Gasteiger charge is -2.27. The quantitative estimate of drug-likeness (QED) is 0.609. The number of anilines is 1. The number of benzene rings is 2. The molecule has 0 bridgehead atoms. The van der Waals surface area contributed by atoms with E-state index in [4.69, 9.17) is 0 Å². The molecule has 2 aromatic carbocycles. The van der Waals surface area contributed by atoms with Gasteiger partial charge >= 0.3 is 0 Å². The Hall–Kier alpha value is -2.10. The SMILES string of the molecule is CS(=O)(=O)Nc1cc(C2(C(=O)N[C@H](CN3CCCC3)c3ccccc3)CC2)ccc1F.S. The molecule has 6 nitrogen and oxygen atoms in total. The van der Waals surface area contributed by atoms with Crippen LogP contribution >= 0.6 is 13.5 Å². The summed E-state index contributed by atoms with van der Waals surface area (Å²) >= 11 is 0. The van der Waals surface area contributed by atoms with Crippen LogP contribution in [0.15, 0.2) is 48.5 Å². The first-order valence-corrected chi connectivity index (χ1v) is 12.5. The van der Waals surface area contributed by atoms with Gasteiger partial charge in [-0.3, -0.25) is 9.52 Å². The number of carbonyl (C=O) groups is 1. The van der Waals surface area contributed by atoms with Crippen molar-refractivity contribution < 1.29 is 17.6 Å². The van der Waals surface area contributed by atoms with Crippen molar-refractivity contribution in [3.8, 4) is 0 Å². The standard InChI is InChI=1S/C23H28FN3O3S.H2S/c1-31(29,30)26-20-15-18(9-10-19(20)24)23(11-12-23)22(28)25-21(16-27-13-5-6-14-27)17-7-3-2-4-8-17;/h2-4,7-10,15,21,26H,5-6,11-14,16H2,1H3,(H,25,28);1H2/t21-;/m1./s1. The molecule has 0 aromatic heterocycles. The number of sulfonamides is 1. The van der Waals surface area contributed by atoms with Crippen LogP contribution in [-0.4, -0.2) is 45.1 Å². The summed E-state index contributed by atoms with van der Waals surface area (Å²) in [6.07, 6.45) is 4.61. The third-order valence-corrected chi connectivity index (χ3v) is 6.74. The van der Waals surface area contributed by atoms with E-state index >= 15 is 0 Å². The van der Waals surface area contributed by atoms with E-state index in [-0.39, 0.29) is 31.1 Å². The third-order valence-electron chi connectivity index (χ3n) is 6.15. The van der Waals surface area contributed by atoms with Gasteiger partial charge in [0.2, 0.25) is 15.9 Å². The van der Waals surface area contributed by atoms with Crippen LogP contribution in [0.25, 0.3) is 0 Å². The zero-order valence-corrected chi connectivity index (χ0v) is 19.9. The second-order valence-electron chi connectivity index (χ2n) is 8.60. The zero-order chi connectivity index (χ0) is 22.1. The normalized spacial score (nSPS) is 18.4. The van der Waals surface area contributed by atoms with E-state index in [0.717, 1.165) is 31.5 Å². The van der Waals surface area contributed by atoms with Crippen LogP contribution in [0.5, 0.6) is 0 Å². The lowest BCUT2D eigenvalue weighted by atomic mass is 9.93. The van der Waals surface area contributed by atoms with Crippen molar-refractivity contribution in [3.63, 3.8) is 0 Å². The van der Waals surface area contributed by atoms with Crippen LogP contribution in [0, 0.1) is 5.82 Å². The summed E-state index contributed by atoms with van der Waals surface area (Å²) in [5.74, 6) is -0.765. The van der Waals surface area contributed by atoms with Crippen LogP contribution in [0.3, 0.4) is 0 Å². The van der Waals surface area contributed by atoms with E-state index in [2.05, 4.69) is 14.9 Å². The summed E-state index contributed by atoms with van der Waals surface area (Å²) in [5, 5.41) is 3.23. The van der Waals surface area contributed by atoms with Crippen LogP contribution in [-0.2, 0) is 20.2 Å². The van der Waals surface area contributed by atoms with Crippen molar-refractivity contribution in [3.05, 3.63) is 65.5 Å². The molecule has 1 aliphatic carbocycles. The van der Waals surface area contributed by atoms with Gasteiger partial charge in [0, 0.05) is 6.54 Å². The van der Waals surface area contributed by atoms with Gasteiger partial charge < -0.3 is 10.2 Å². The molecule has 1 atom stereocenters. The van der Waals surface area contributed by atoms with Gasteiger partial charge in [0.15, 0.2) is 0 Å². The van der Waals surface area contributed by atoms with Crippen molar-refractivity contribution in [2.24, 2.45) is 0 Å². The molecule has 32 heavy (non-hydrogen) atoms. The zero-order valence-electron chi connectivity index (χ0n) is 18.1. The van der Waals surface area contributed by atoms with E-state index in [1.165, 1.54) is 25.0 Å².